The van der Waals surface area contributed by atoms with Crippen molar-refractivity contribution in [2.24, 2.45) is 5.92 Å². The molecule has 3 aromatic carbocycles. The zero-order valence-electron chi connectivity index (χ0n) is 23.1. The van der Waals surface area contributed by atoms with Gasteiger partial charge in [-0.05, 0) is 85.3 Å². The van der Waals surface area contributed by atoms with Crippen LogP contribution in [-0.4, -0.2) is 54.8 Å². The summed E-state index contributed by atoms with van der Waals surface area (Å²) < 4.78 is 27.7. The number of amides is 2. The highest BCUT2D eigenvalue weighted by atomic mass is 19.1. The van der Waals surface area contributed by atoms with Gasteiger partial charge in [-0.15, -0.1) is 0 Å². The van der Waals surface area contributed by atoms with Gasteiger partial charge < -0.3 is 14.7 Å². The minimum Gasteiger partial charge on any atom is -0.341 e. The fourth-order valence-electron chi connectivity index (χ4n) is 7.13. The van der Waals surface area contributed by atoms with Crippen molar-refractivity contribution in [3.8, 4) is 0 Å². The van der Waals surface area contributed by atoms with E-state index in [1.807, 2.05) is 25.2 Å². The molecule has 0 unspecified atom stereocenters. The number of hydrogen-bond acceptors (Lipinski definition) is 3. The summed E-state index contributed by atoms with van der Waals surface area (Å²) in [6, 6.07) is 21.1. The molecule has 2 atom stereocenters. The second-order valence-corrected chi connectivity index (χ2v) is 11.9. The SMILES string of the molecule is CC(=O)N1CC2(CCN(C[C@@H]3C[C@@]3(C(=O)N(C)Cc3ccc(F)cc3)c3ccccc3)CC2)c2cc(F)ccc21. The van der Waals surface area contributed by atoms with Crippen molar-refractivity contribution >= 4 is 17.5 Å². The van der Waals surface area contributed by atoms with Gasteiger partial charge in [-0.25, -0.2) is 8.78 Å². The lowest BCUT2D eigenvalue weighted by Crippen LogP contribution is -2.47. The third-order valence-electron chi connectivity index (χ3n) is 9.41. The number of halogens is 2. The van der Waals surface area contributed by atoms with Gasteiger partial charge in [0.15, 0.2) is 0 Å². The molecule has 40 heavy (non-hydrogen) atoms. The van der Waals surface area contributed by atoms with Crippen molar-refractivity contribution in [1.29, 1.82) is 0 Å². The zero-order valence-corrected chi connectivity index (χ0v) is 23.1. The van der Waals surface area contributed by atoms with E-state index in [0.29, 0.717) is 13.1 Å². The molecule has 1 saturated heterocycles. The second kappa shape index (κ2) is 10.1. The molecule has 0 radical (unpaired) electrons. The van der Waals surface area contributed by atoms with Gasteiger partial charge in [-0.1, -0.05) is 42.5 Å². The normalized spacial score (nSPS) is 23.2. The van der Waals surface area contributed by atoms with E-state index in [9.17, 15) is 18.4 Å². The number of piperidine rings is 1. The molecule has 2 aliphatic heterocycles. The largest absolute Gasteiger partial charge is 0.341 e. The number of fused-ring (bicyclic) bond motifs is 2. The molecule has 3 aliphatic rings. The van der Waals surface area contributed by atoms with Crippen LogP contribution >= 0.6 is 0 Å². The molecule has 2 fully saturated rings. The van der Waals surface area contributed by atoms with Crippen LogP contribution in [0.2, 0.25) is 0 Å². The van der Waals surface area contributed by atoms with Crippen molar-refractivity contribution < 1.29 is 18.4 Å². The number of anilines is 1. The first kappa shape index (κ1) is 26.6. The van der Waals surface area contributed by atoms with Crippen molar-refractivity contribution in [3.63, 3.8) is 0 Å². The summed E-state index contributed by atoms with van der Waals surface area (Å²) in [5, 5.41) is 0. The molecular weight excluding hydrogens is 508 g/mol. The highest BCUT2D eigenvalue weighted by molar-refractivity contribution is 5.95. The molecule has 2 heterocycles. The lowest BCUT2D eigenvalue weighted by molar-refractivity contribution is -0.133. The second-order valence-electron chi connectivity index (χ2n) is 11.9. The summed E-state index contributed by atoms with van der Waals surface area (Å²) in [6.45, 7) is 5.08. The van der Waals surface area contributed by atoms with E-state index < -0.39 is 5.41 Å². The van der Waals surface area contributed by atoms with Gasteiger partial charge >= 0.3 is 0 Å². The van der Waals surface area contributed by atoms with Crippen molar-refractivity contribution in [3.05, 3.63) is 101 Å². The maximum Gasteiger partial charge on any atom is 0.233 e. The van der Waals surface area contributed by atoms with Gasteiger partial charge in [0, 0.05) is 44.7 Å². The monoisotopic (exact) mass is 543 g/mol. The molecule has 6 rings (SSSR count). The molecule has 1 spiro atoms. The first-order chi connectivity index (χ1) is 19.2. The summed E-state index contributed by atoms with van der Waals surface area (Å²) in [5.41, 5.74) is 2.92. The Hall–Kier alpha value is -3.58. The van der Waals surface area contributed by atoms with E-state index >= 15 is 0 Å². The van der Waals surface area contributed by atoms with E-state index in [0.717, 1.165) is 61.3 Å². The predicted octanol–water partition coefficient (Wildman–Crippen LogP) is 5.28. The summed E-state index contributed by atoms with van der Waals surface area (Å²) in [5.74, 6) is -0.280. The van der Waals surface area contributed by atoms with Crippen LogP contribution in [0.25, 0.3) is 0 Å². The van der Waals surface area contributed by atoms with Gasteiger partial charge in [-0.2, -0.15) is 0 Å². The number of hydrogen-bond donors (Lipinski definition) is 0. The summed E-state index contributed by atoms with van der Waals surface area (Å²) in [4.78, 5) is 32.3. The van der Waals surface area contributed by atoms with E-state index in [1.165, 1.54) is 18.2 Å². The highest BCUT2D eigenvalue weighted by Crippen LogP contribution is 2.56. The number of likely N-dealkylation sites (N-methyl/N-ethyl adjacent to an activating group) is 1. The molecule has 7 heteroatoms. The average Bonchev–Trinajstić information content (AvgIpc) is 3.60. The first-order valence-electron chi connectivity index (χ1n) is 14.1. The Morgan fingerprint density at radius 1 is 0.950 bits per heavy atom. The van der Waals surface area contributed by atoms with Crippen molar-refractivity contribution in [2.45, 2.75) is 43.6 Å². The number of likely N-dealkylation sites (tertiary alicyclic amines) is 1. The Morgan fingerprint density at radius 3 is 2.30 bits per heavy atom. The molecule has 0 N–H and O–H groups in total. The maximum absolute atomic E-state index is 14.3. The standard InChI is InChI=1S/C33H35F2N3O2/c1-23(39)38-22-32(29-18-28(35)12-13-30(29)38)14-16-37(17-15-32)21-26-19-33(26,25-6-4-3-5-7-25)31(40)36(2)20-24-8-10-27(34)11-9-24/h3-13,18,26H,14-17,19-22H2,1-2H3/t26-,33+/m0/s1. The molecule has 0 aromatic heterocycles. The molecular formula is C33H35F2N3O2. The summed E-state index contributed by atoms with van der Waals surface area (Å²) in [7, 11) is 1.83. The number of rotatable bonds is 6. The van der Waals surface area contributed by atoms with Gasteiger partial charge in [0.1, 0.15) is 11.6 Å². The van der Waals surface area contributed by atoms with Crippen LogP contribution in [0.1, 0.15) is 42.9 Å². The third kappa shape index (κ3) is 4.60. The lowest BCUT2D eigenvalue weighted by Gasteiger charge is -2.40. The fraction of sp³-hybridized carbons (Fsp3) is 0.394. The number of benzene rings is 3. The molecule has 208 valence electrons. The van der Waals surface area contributed by atoms with Gasteiger partial charge in [0.2, 0.25) is 11.8 Å². The summed E-state index contributed by atoms with van der Waals surface area (Å²) in [6.07, 6.45) is 2.48. The van der Waals surface area contributed by atoms with Crippen LogP contribution < -0.4 is 4.90 Å². The first-order valence-corrected chi connectivity index (χ1v) is 14.1. The number of carbonyl (C=O) groups is 2. The van der Waals surface area contributed by atoms with Gasteiger partial charge in [0.25, 0.3) is 0 Å². The fourth-order valence-corrected chi connectivity index (χ4v) is 7.13. The average molecular weight is 544 g/mol. The topological polar surface area (TPSA) is 43.9 Å². The van der Waals surface area contributed by atoms with Crippen molar-refractivity contribution in [2.75, 3.05) is 38.1 Å². The Bertz CT molecular complexity index is 1420. The molecule has 5 nitrogen and oxygen atoms in total. The maximum atomic E-state index is 14.3. The third-order valence-corrected chi connectivity index (χ3v) is 9.41. The molecule has 1 aliphatic carbocycles. The highest BCUT2D eigenvalue weighted by Gasteiger charge is 2.62. The Kier molecular flexibility index (Phi) is 6.73. The van der Waals surface area contributed by atoms with Crippen molar-refractivity contribution in [1.82, 2.24) is 9.80 Å². The van der Waals surface area contributed by atoms with E-state index in [4.69, 9.17) is 0 Å². The van der Waals surface area contributed by atoms with E-state index in [2.05, 4.69) is 17.0 Å². The van der Waals surface area contributed by atoms with Gasteiger partial charge in [-0.3, -0.25) is 9.59 Å². The van der Waals surface area contributed by atoms with E-state index in [1.54, 1.807) is 41.0 Å². The predicted molar refractivity (Wildman–Crippen MR) is 151 cm³/mol. The van der Waals surface area contributed by atoms with Crippen LogP contribution in [0, 0.1) is 17.6 Å². The molecule has 1 saturated carbocycles. The number of carbonyl (C=O) groups excluding carboxylic acids is 2. The van der Waals surface area contributed by atoms with Gasteiger partial charge in [0.05, 0.1) is 5.41 Å². The molecule has 2 amide bonds. The number of nitrogens with zero attached hydrogens (tertiary/aromatic N) is 3. The van der Waals surface area contributed by atoms with Crippen LogP contribution in [0.15, 0.2) is 72.8 Å². The van der Waals surface area contributed by atoms with Crippen LogP contribution in [0.3, 0.4) is 0 Å². The van der Waals surface area contributed by atoms with Crippen LogP contribution in [0.5, 0.6) is 0 Å². The minimum atomic E-state index is -0.570. The zero-order chi connectivity index (χ0) is 28.1. The Labute approximate surface area is 234 Å². The lowest BCUT2D eigenvalue weighted by atomic mass is 9.74. The van der Waals surface area contributed by atoms with E-state index in [-0.39, 0.29) is 34.8 Å². The minimum absolute atomic E-state index is 0.0129. The van der Waals surface area contributed by atoms with Crippen LogP contribution in [0.4, 0.5) is 14.5 Å². The van der Waals surface area contributed by atoms with Crippen LogP contribution in [-0.2, 0) is 27.0 Å². The summed E-state index contributed by atoms with van der Waals surface area (Å²) >= 11 is 0. The molecule has 0 bridgehead atoms. The quantitative estimate of drug-likeness (QED) is 0.425. The Morgan fingerprint density at radius 2 is 1.62 bits per heavy atom. The smallest absolute Gasteiger partial charge is 0.233 e. The molecule has 3 aromatic rings. The Balaban J connectivity index is 1.17.